The third-order valence-corrected chi connectivity index (χ3v) is 18.4. The second-order valence-corrected chi connectivity index (χ2v) is 22.3. The first-order valence-electron chi connectivity index (χ1n) is 9.89. The summed E-state index contributed by atoms with van der Waals surface area (Å²) in [7, 11) is 0. The molecule has 150 valence electrons. The first-order chi connectivity index (χ1) is 12.9. The molecule has 2 aliphatic rings. The Hall–Kier alpha value is -0.660. The molecule has 0 aromatic heterocycles. The van der Waals surface area contributed by atoms with E-state index in [-0.39, 0.29) is 30.2 Å². The minimum atomic E-state index is -1.61. The summed E-state index contributed by atoms with van der Waals surface area (Å²) in [4.78, 5) is 0. The van der Waals surface area contributed by atoms with Crippen molar-refractivity contribution in [2.45, 2.75) is 35.4 Å². The smallest absolute Gasteiger partial charge is 1.00 e. The fraction of sp³-hybridized carbons (Fsp3) is 0.280. The molecule has 0 saturated carbocycles. The van der Waals surface area contributed by atoms with Gasteiger partial charge in [-0.15, -0.1) is 0 Å². The summed E-state index contributed by atoms with van der Waals surface area (Å²) in [5.41, 5.74) is 8.05. The Kier molecular flexibility index (Phi) is 8.57. The fourth-order valence-corrected chi connectivity index (χ4v) is 17.7. The zero-order valence-electron chi connectivity index (χ0n) is 17.5. The Morgan fingerprint density at radius 1 is 0.897 bits per heavy atom. The van der Waals surface area contributed by atoms with Crippen molar-refractivity contribution in [3.05, 3.63) is 94.6 Å². The van der Waals surface area contributed by atoms with Gasteiger partial charge in [0.25, 0.3) is 0 Å². The Morgan fingerprint density at radius 2 is 1.55 bits per heavy atom. The molecule has 0 heterocycles. The number of hydrogen-bond acceptors (Lipinski definition) is 0. The van der Waals surface area contributed by atoms with Crippen molar-refractivity contribution in [3.8, 4) is 0 Å². The Labute approximate surface area is 196 Å². The van der Waals surface area contributed by atoms with E-state index in [1.54, 1.807) is 21.9 Å². The molecule has 0 amide bonds. The van der Waals surface area contributed by atoms with Crippen LogP contribution in [0.2, 0.25) is 4.63 Å². The first-order valence-corrected chi connectivity index (χ1v) is 19.2. The van der Waals surface area contributed by atoms with Gasteiger partial charge < -0.3 is 24.8 Å². The van der Waals surface area contributed by atoms with E-state index in [9.17, 15) is 0 Å². The molecule has 0 aliphatic heterocycles. The second-order valence-electron chi connectivity index (χ2n) is 8.74. The second kappa shape index (κ2) is 10.1. The van der Waals surface area contributed by atoms with E-state index in [0.717, 1.165) is 10.0 Å². The number of rotatable bonds is 3. The van der Waals surface area contributed by atoms with Gasteiger partial charge in [0.2, 0.25) is 0 Å². The van der Waals surface area contributed by atoms with Gasteiger partial charge in [0.05, 0.1) is 0 Å². The van der Waals surface area contributed by atoms with Crippen LogP contribution in [0.5, 0.6) is 0 Å². The molecule has 4 heteroatoms. The maximum atomic E-state index is 2.65. The molecule has 4 rings (SSSR count). The molecular weight excluding hydrogens is 490 g/mol. The summed E-state index contributed by atoms with van der Waals surface area (Å²) >= 11 is -1.61. The number of fused-ring (bicyclic) bond motifs is 1. The van der Waals surface area contributed by atoms with Gasteiger partial charge in [0.15, 0.2) is 0 Å². The van der Waals surface area contributed by atoms with Gasteiger partial charge in [-0.1, -0.05) is 0 Å². The number of allylic oxidation sites excluding steroid dienone is 5. The van der Waals surface area contributed by atoms with Crippen molar-refractivity contribution in [2.75, 3.05) is 0 Å². The van der Waals surface area contributed by atoms with Crippen LogP contribution in [0.15, 0.2) is 83.5 Å². The van der Waals surface area contributed by atoms with Crippen LogP contribution in [0.4, 0.5) is 0 Å². The zero-order chi connectivity index (χ0) is 19.0. The Bertz CT molecular complexity index is 995. The standard InChI is InChI=1S/C18H19.C6H6Si.CH3.2ClH.Zr/c1-18(2,3)17-9-8-15(12-17)16-10-13-6-4-5-7-14(13)11-16;7-6-4-2-1-3-5-6;;;;/h4-7,9-12H,8H2,1-3H3;1-5,7H;1H3;2*1H;/q;;;;;+2/p-2. The van der Waals surface area contributed by atoms with Gasteiger partial charge in [-0.25, -0.2) is 0 Å². The summed E-state index contributed by atoms with van der Waals surface area (Å²) in [6.45, 7) is 6.98. The Morgan fingerprint density at radius 3 is 2.21 bits per heavy atom. The van der Waals surface area contributed by atoms with Crippen molar-refractivity contribution < 1.29 is 45.2 Å². The van der Waals surface area contributed by atoms with E-state index in [4.69, 9.17) is 0 Å². The molecule has 2 aromatic carbocycles. The fourth-order valence-electron chi connectivity index (χ4n) is 4.24. The van der Waals surface area contributed by atoms with Crippen LogP contribution < -0.4 is 30.0 Å². The Balaban J connectivity index is 0.00000150. The average Bonchev–Trinajstić information content (AvgIpc) is 3.27. The van der Waals surface area contributed by atoms with E-state index in [0.29, 0.717) is 6.16 Å². The minimum Gasteiger partial charge on any atom is -1.00 e. The average molecular weight is 519 g/mol. The molecule has 0 nitrogen and oxygen atoms in total. The summed E-state index contributed by atoms with van der Waals surface area (Å²) < 4.78 is 3.37. The first kappa shape index (κ1) is 24.6. The van der Waals surface area contributed by atoms with Gasteiger partial charge in [0, 0.05) is 0 Å². The predicted octanol–water partition coefficient (Wildman–Crippen LogP) is -0.221. The molecule has 0 radical (unpaired) electrons. The quantitative estimate of drug-likeness (QED) is 0.493. The maximum Gasteiger partial charge on any atom is -1.00 e. The van der Waals surface area contributed by atoms with Gasteiger partial charge in [-0.2, -0.15) is 0 Å². The van der Waals surface area contributed by atoms with Gasteiger partial charge in [-0.05, 0) is 0 Å². The van der Waals surface area contributed by atoms with Crippen LogP contribution in [0, 0.1) is 5.41 Å². The van der Waals surface area contributed by atoms with Crippen molar-refractivity contribution >= 4 is 17.4 Å². The molecule has 0 spiro atoms. The van der Waals surface area contributed by atoms with E-state index in [1.807, 2.05) is 0 Å². The van der Waals surface area contributed by atoms with Gasteiger partial charge in [0.1, 0.15) is 0 Å². The van der Waals surface area contributed by atoms with Crippen molar-refractivity contribution in [1.29, 1.82) is 0 Å². The normalized spacial score (nSPS) is 17.5. The summed E-state index contributed by atoms with van der Waals surface area (Å²) in [5, 5.41) is 1.60. The largest absolute Gasteiger partial charge is 1.00 e. The molecule has 29 heavy (non-hydrogen) atoms. The van der Waals surface area contributed by atoms with Crippen molar-refractivity contribution in [3.63, 3.8) is 0 Å². The molecule has 0 fully saturated rings. The number of benzene rings is 2. The summed E-state index contributed by atoms with van der Waals surface area (Å²) in [6.07, 6.45) is 9.02. The summed E-state index contributed by atoms with van der Waals surface area (Å²) in [5.74, 6) is 0. The van der Waals surface area contributed by atoms with E-state index < -0.39 is 20.4 Å². The van der Waals surface area contributed by atoms with Gasteiger partial charge in [-0.3, -0.25) is 0 Å². The van der Waals surface area contributed by atoms with Crippen LogP contribution in [-0.2, 0) is 20.4 Å². The van der Waals surface area contributed by atoms with Crippen LogP contribution in [0.1, 0.15) is 41.9 Å². The summed E-state index contributed by atoms with van der Waals surface area (Å²) in [6, 6.07) is 20.4. The minimum absolute atomic E-state index is 0. The third kappa shape index (κ3) is 5.34. The monoisotopic (exact) mass is 516 g/mol. The SMILES string of the molecule is [CH3][Zr+2](=[SiH]c1ccccc1)[CH]1C(C2=CC(C(C)(C)C)=CC2)=Cc2ccccc21.[Cl-].[Cl-]. The molecule has 1 atom stereocenters. The van der Waals surface area contributed by atoms with Gasteiger partial charge >= 0.3 is 173 Å². The van der Waals surface area contributed by atoms with Crippen molar-refractivity contribution in [1.82, 2.24) is 0 Å². The third-order valence-electron chi connectivity index (χ3n) is 5.69. The van der Waals surface area contributed by atoms with Crippen LogP contribution in [-0.4, -0.2) is 6.16 Å². The number of hydrogen-bond donors (Lipinski definition) is 0. The van der Waals surface area contributed by atoms with E-state index >= 15 is 0 Å². The molecule has 0 saturated heterocycles. The maximum absolute atomic E-state index is 2.65. The van der Waals surface area contributed by atoms with Crippen LogP contribution in [0.25, 0.3) is 6.08 Å². The van der Waals surface area contributed by atoms with Crippen LogP contribution >= 0.6 is 0 Å². The molecule has 2 aromatic rings. The van der Waals surface area contributed by atoms with Crippen molar-refractivity contribution in [2.24, 2.45) is 5.41 Å². The number of halogens is 2. The molecule has 0 N–H and O–H groups in total. The topological polar surface area (TPSA) is 0 Å². The molecule has 2 aliphatic carbocycles. The molecule has 1 unspecified atom stereocenters. The molecular formula is C25H28Cl2SiZr. The molecule has 0 bridgehead atoms. The van der Waals surface area contributed by atoms with E-state index in [2.05, 4.69) is 98.2 Å². The van der Waals surface area contributed by atoms with E-state index in [1.165, 1.54) is 11.1 Å². The zero-order valence-corrected chi connectivity index (χ0v) is 22.7. The van der Waals surface area contributed by atoms with Crippen LogP contribution in [0.3, 0.4) is 0 Å². The predicted molar refractivity (Wildman–Crippen MR) is 116 cm³/mol.